The maximum atomic E-state index is 13.8. The van der Waals surface area contributed by atoms with Crippen LogP contribution in [0.1, 0.15) is 0 Å². The van der Waals surface area contributed by atoms with Crippen molar-refractivity contribution in [2.24, 2.45) is 0 Å². The first-order valence-corrected chi connectivity index (χ1v) is 4.78. The molecule has 0 aliphatic heterocycles. The Balaban J connectivity index is 2.56. The Morgan fingerprint density at radius 2 is 1.65 bits per heavy atom. The number of hydrogen-bond donors (Lipinski definition) is 0. The number of nitro groups is 1. The lowest BCUT2D eigenvalue weighted by Crippen LogP contribution is -1.94. The predicted octanol–water partition coefficient (Wildman–Crippen LogP) is 3.54. The molecule has 5 heteroatoms. The van der Waals surface area contributed by atoms with E-state index in [1.165, 1.54) is 36.4 Å². The van der Waals surface area contributed by atoms with Gasteiger partial charge in [0.1, 0.15) is 5.82 Å². The van der Waals surface area contributed by atoms with Crippen LogP contribution < -0.4 is 0 Å². The van der Waals surface area contributed by atoms with Crippen molar-refractivity contribution in [1.82, 2.24) is 0 Å². The Hall–Kier alpha value is -2.30. The van der Waals surface area contributed by atoms with Gasteiger partial charge >= 0.3 is 5.69 Å². The topological polar surface area (TPSA) is 43.1 Å². The fourth-order valence-corrected chi connectivity index (χ4v) is 1.51. The van der Waals surface area contributed by atoms with E-state index in [4.69, 9.17) is 0 Å². The van der Waals surface area contributed by atoms with E-state index in [0.717, 1.165) is 6.07 Å². The fraction of sp³-hybridized carbons (Fsp3) is 0. The summed E-state index contributed by atoms with van der Waals surface area (Å²) in [6, 6.07) is 8.98. The van der Waals surface area contributed by atoms with Crippen molar-refractivity contribution in [2.45, 2.75) is 0 Å². The minimum absolute atomic E-state index is 0.0826. The van der Waals surface area contributed by atoms with Gasteiger partial charge in [0.05, 0.1) is 4.92 Å². The van der Waals surface area contributed by atoms with E-state index in [9.17, 15) is 18.9 Å². The van der Waals surface area contributed by atoms with E-state index in [1.807, 2.05) is 0 Å². The van der Waals surface area contributed by atoms with Gasteiger partial charge in [-0.1, -0.05) is 24.3 Å². The molecular weight excluding hydrogens is 228 g/mol. The van der Waals surface area contributed by atoms with Crippen LogP contribution in [-0.2, 0) is 0 Å². The first kappa shape index (κ1) is 11.2. The summed E-state index contributed by atoms with van der Waals surface area (Å²) < 4.78 is 26.5. The molecule has 0 spiro atoms. The van der Waals surface area contributed by atoms with Crippen LogP contribution in [0.3, 0.4) is 0 Å². The molecule has 0 radical (unpaired) electrons. The number of rotatable bonds is 2. The smallest absolute Gasteiger partial charge is 0.258 e. The second-order valence-corrected chi connectivity index (χ2v) is 3.40. The zero-order valence-corrected chi connectivity index (χ0v) is 8.56. The van der Waals surface area contributed by atoms with E-state index in [0.29, 0.717) is 5.56 Å². The molecule has 0 aliphatic rings. The molecule has 0 heterocycles. The van der Waals surface area contributed by atoms with E-state index in [-0.39, 0.29) is 5.56 Å². The molecule has 0 fully saturated rings. The normalized spacial score (nSPS) is 10.2. The number of nitrogens with zero attached hydrogens (tertiary/aromatic N) is 1. The maximum absolute atomic E-state index is 13.8. The highest BCUT2D eigenvalue weighted by atomic mass is 19.1. The van der Waals surface area contributed by atoms with Crippen molar-refractivity contribution in [3.8, 4) is 11.1 Å². The zero-order valence-electron chi connectivity index (χ0n) is 8.56. The first-order valence-electron chi connectivity index (χ1n) is 4.78. The van der Waals surface area contributed by atoms with Crippen LogP contribution in [0.15, 0.2) is 42.5 Å². The molecule has 0 aromatic heterocycles. The van der Waals surface area contributed by atoms with Crippen LogP contribution >= 0.6 is 0 Å². The number of halogens is 2. The Kier molecular flexibility index (Phi) is 2.82. The standard InChI is InChI=1S/C12H7F2NO2/c13-9-6-4-8(5-7-9)10-2-1-3-11(12(10)14)15(16)17/h1-7H. The lowest BCUT2D eigenvalue weighted by Gasteiger charge is -2.03. The van der Waals surface area contributed by atoms with Gasteiger partial charge in [-0.2, -0.15) is 4.39 Å². The summed E-state index contributed by atoms with van der Waals surface area (Å²) in [7, 11) is 0. The predicted molar refractivity (Wildman–Crippen MR) is 58.4 cm³/mol. The van der Waals surface area contributed by atoms with Gasteiger partial charge in [-0.25, -0.2) is 4.39 Å². The van der Waals surface area contributed by atoms with Gasteiger partial charge in [-0.05, 0) is 17.7 Å². The lowest BCUT2D eigenvalue weighted by atomic mass is 10.0. The molecule has 0 saturated heterocycles. The average Bonchev–Trinajstić information content (AvgIpc) is 2.30. The van der Waals surface area contributed by atoms with Gasteiger partial charge < -0.3 is 0 Å². The van der Waals surface area contributed by atoms with Crippen LogP contribution in [0.25, 0.3) is 11.1 Å². The SMILES string of the molecule is O=[N+]([O-])c1cccc(-c2ccc(F)cc2)c1F. The summed E-state index contributed by atoms with van der Waals surface area (Å²) in [5, 5.41) is 10.6. The minimum Gasteiger partial charge on any atom is -0.258 e. The Morgan fingerprint density at radius 3 is 2.24 bits per heavy atom. The molecule has 3 nitrogen and oxygen atoms in total. The summed E-state index contributed by atoms with van der Waals surface area (Å²) in [5.41, 5.74) is -0.112. The third-order valence-corrected chi connectivity index (χ3v) is 2.33. The maximum Gasteiger partial charge on any atom is 0.305 e. The molecule has 2 rings (SSSR count). The van der Waals surface area contributed by atoms with Crippen molar-refractivity contribution in [2.75, 3.05) is 0 Å². The first-order chi connectivity index (χ1) is 8.09. The Morgan fingerprint density at radius 1 is 1.00 bits per heavy atom. The van der Waals surface area contributed by atoms with Crippen molar-refractivity contribution in [1.29, 1.82) is 0 Å². The van der Waals surface area contributed by atoms with Gasteiger partial charge in [-0.15, -0.1) is 0 Å². The van der Waals surface area contributed by atoms with Gasteiger partial charge in [0.25, 0.3) is 0 Å². The molecule has 0 N–H and O–H groups in total. The van der Waals surface area contributed by atoms with Crippen LogP contribution in [0.2, 0.25) is 0 Å². The number of benzene rings is 2. The molecule has 17 heavy (non-hydrogen) atoms. The highest BCUT2D eigenvalue weighted by Gasteiger charge is 2.17. The summed E-state index contributed by atoms with van der Waals surface area (Å²) in [5.74, 6) is -1.36. The highest BCUT2D eigenvalue weighted by molar-refractivity contribution is 5.67. The summed E-state index contributed by atoms with van der Waals surface area (Å²) in [4.78, 5) is 9.78. The largest absolute Gasteiger partial charge is 0.305 e. The van der Waals surface area contributed by atoms with Crippen LogP contribution in [0.5, 0.6) is 0 Å². The van der Waals surface area contributed by atoms with Crippen molar-refractivity contribution in [3.63, 3.8) is 0 Å². The molecule has 2 aromatic rings. The van der Waals surface area contributed by atoms with Crippen LogP contribution in [-0.4, -0.2) is 4.92 Å². The molecule has 0 unspecified atom stereocenters. The molecular formula is C12H7F2NO2. The third-order valence-electron chi connectivity index (χ3n) is 2.33. The second-order valence-electron chi connectivity index (χ2n) is 3.40. The van der Waals surface area contributed by atoms with Crippen molar-refractivity contribution in [3.05, 3.63) is 64.2 Å². The molecule has 0 amide bonds. The van der Waals surface area contributed by atoms with E-state index in [2.05, 4.69) is 0 Å². The quantitative estimate of drug-likeness (QED) is 0.590. The molecule has 86 valence electrons. The second kappa shape index (κ2) is 4.29. The number of hydrogen-bond acceptors (Lipinski definition) is 2. The van der Waals surface area contributed by atoms with Crippen molar-refractivity contribution >= 4 is 5.69 Å². The Bertz CT molecular complexity index is 567. The summed E-state index contributed by atoms with van der Waals surface area (Å²) in [6.07, 6.45) is 0. The highest BCUT2D eigenvalue weighted by Crippen LogP contribution is 2.28. The third kappa shape index (κ3) is 2.13. The van der Waals surface area contributed by atoms with E-state index < -0.39 is 22.2 Å². The van der Waals surface area contributed by atoms with E-state index in [1.54, 1.807) is 0 Å². The van der Waals surface area contributed by atoms with Crippen molar-refractivity contribution < 1.29 is 13.7 Å². The minimum atomic E-state index is -0.913. The number of nitro benzene ring substituents is 1. The zero-order chi connectivity index (χ0) is 12.4. The molecule has 0 bridgehead atoms. The van der Waals surface area contributed by atoms with Gasteiger partial charge in [0.15, 0.2) is 0 Å². The van der Waals surface area contributed by atoms with Gasteiger partial charge in [-0.3, -0.25) is 10.1 Å². The summed E-state index contributed by atoms with van der Waals surface area (Å²) in [6.45, 7) is 0. The summed E-state index contributed by atoms with van der Waals surface area (Å²) >= 11 is 0. The van der Waals surface area contributed by atoms with Gasteiger partial charge in [0.2, 0.25) is 5.82 Å². The molecule has 0 saturated carbocycles. The van der Waals surface area contributed by atoms with Crippen LogP contribution in [0.4, 0.5) is 14.5 Å². The molecule has 0 aliphatic carbocycles. The molecule has 0 atom stereocenters. The average molecular weight is 235 g/mol. The van der Waals surface area contributed by atoms with Gasteiger partial charge in [0, 0.05) is 11.6 Å². The monoisotopic (exact) mass is 235 g/mol. The van der Waals surface area contributed by atoms with Crippen LogP contribution in [0, 0.1) is 21.7 Å². The Labute approximate surface area is 95.5 Å². The fourth-order valence-electron chi connectivity index (χ4n) is 1.51. The molecule has 2 aromatic carbocycles. The lowest BCUT2D eigenvalue weighted by molar-refractivity contribution is -0.387. The van der Waals surface area contributed by atoms with E-state index >= 15 is 0 Å².